The number of carbonyl (C=O) groups excluding carboxylic acids is 1. The molecular weight excluding hydrogens is 323 g/mol. The molecule has 0 saturated carbocycles. The third-order valence-electron chi connectivity index (χ3n) is 4.17. The standard InChI is InChI=1S/C18H23FN4O2/c1-12-10-23(11-13(2)25-12)8-7-20-18(24)17-9-16(21-22-17)14-3-5-15(19)6-4-14/h3-6,9,12-13H,7-8,10-11H2,1-2H3,(H,20,24)(H,21,22)/t12-,13-/m0/s1. The Balaban J connectivity index is 1.51. The van der Waals surface area contributed by atoms with Gasteiger partial charge >= 0.3 is 0 Å². The molecule has 0 spiro atoms. The van der Waals surface area contributed by atoms with E-state index in [2.05, 4.69) is 34.3 Å². The van der Waals surface area contributed by atoms with Crippen molar-refractivity contribution in [3.8, 4) is 11.3 Å². The lowest BCUT2D eigenvalue weighted by Crippen LogP contribution is -2.47. The lowest BCUT2D eigenvalue weighted by Gasteiger charge is -2.35. The van der Waals surface area contributed by atoms with Gasteiger partial charge in [0.05, 0.1) is 17.9 Å². The number of rotatable bonds is 5. The van der Waals surface area contributed by atoms with Gasteiger partial charge in [-0.3, -0.25) is 14.8 Å². The van der Waals surface area contributed by atoms with Gasteiger partial charge in [-0.1, -0.05) is 0 Å². The monoisotopic (exact) mass is 346 g/mol. The molecule has 0 unspecified atom stereocenters. The number of amides is 1. The van der Waals surface area contributed by atoms with Crippen LogP contribution in [0.25, 0.3) is 11.3 Å². The molecule has 1 fully saturated rings. The number of aromatic amines is 1. The van der Waals surface area contributed by atoms with Crippen molar-refractivity contribution < 1.29 is 13.9 Å². The average molecular weight is 346 g/mol. The normalized spacial score (nSPS) is 21.2. The molecule has 2 heterocycles. The van der Waals surface area contributed by atoms with Crippen LogP contribution >= 0.6 is 0 Å². The van der Waals surface area contributed by atoms with E-state index in [0.717, 1.165) is 25.2 Å². The molecular formula is C18H23FN4O2. The number of H-pyrrole nitrogens is 1. The number of nitrogens with one attached hydrogen (secondary N) is 2. The molecule has 7 heteroatoms. The number of carbonyl (C=O) groups is 1. The van der Waals surface area contributed by atoms with Gasteiger partial charge in [-0.2, -0.15) is 5.10 Å². The summed E-state index contributed by atoms with van der Waals surface area (Å²) in [6.07, 6.45) is 0.427. The van der Waals surface area contributed by atoms with Crippen LogP contribution in [0.15, 0.2) is 30.3 Å². The van der Waals surface area contributed by atoms with E-state index in [1.165, 1.54) is 12.1 Å². The van der Waals surface area contributed by atoms with Crippen molar-refractivity contribution in [2.75, 3.05) is 26.2 Å². The molecule has 0 aliphatic carbocycles. The van der Waals surface area contributed by atoms with Gasteiger partial charge in [0.1, 0.15) is 11.5 Å². The summed E-state index contributed by atoms with van der Waals surface area (Å²) in [4.78, 5) is 14.5. The second-order valence-corrected chi connectivity index (χ2v) is 6.45. The van der Waals surface area contributed by atoms with Crippen LogP contribution in [0.2, 0.25) is 0 Å². The summed E-state index contributed by atoms with van der Waals surface area (Å²) in [5.41, 5.74) is 1.76. The molecule has 2 N–H and O–H groups in total. The van der Waals surface area contributed by atoms with Crippen LogP contribution < -0.4 is 5.32 Å². The first-order chi connectivity index (χ1) is 12.0. The Bertz CT molecular complexity index is 706. The summed E-state index contributed by atoms with van der Waals surface area (Å²) >= 11 is 0. The van der Waals surface area contributed by atoms with E-state index < -0.39 is 0 Å². The Kier molecular flexibility index (Phi) is 5.45. The fourth-order valence-corrected chi connectivity index (χ4v) is 3.10. The van der Waals surface area contributed by atoms with Crippen molar-refractivity contribution in [2.24, 2.45) is 0 Å². The molecule has 2 aromatic rings. The zero-order chi connectivity index (χ0) is 17.8. The highest BCUT2D eigenvalue weighted by Gasteiger charge is 2.21. The highest BCUT2D eigenvalue weighted by Crippen LogP contribution is 2.18. The Morgan fingerprint density at radius 1 is 1.32 bits per heavy atom. The quantitative estimate of drug-likeness (QED) is 0.869. The lowest BCUT2D eigenvalue weighted by molar-refractivity contribution is -0.0672. The van der Waals surface area contributed by atoms with Crippen molar-refractivity contribution in [1.82, 2.24) is 20.4 Å². The molecule has 1 aliphatic heterocycles. The summed E-state index contributed by atoms with van der Waals surface area (Å²) in [7, 11) is 0. The number of benzene rings is 1. The number of nitrogens with zero attached hydrogens (tertiary/aromatic N) is 2. The topological polar surface area (TPSA) is 70.2 Å². The third kappa shape index (κ3) is 4.64. The maximum Gasteiger partial charge on any atom is 0.269 e. The lowest BCUT2D eigenvalue weighted by atomic mass is 10.1. The van der Waals surface area contributed by atoms with E-state index in [4.69, 9.17) is 4.74 Å². The molecule has 25 heavy (non-hydrogen) atoms. The second kappa shape index (κ2) is 7.76. The molecule has 6 nitrogen and oxygen atoms in total. The maximum atomic E-state index is 13.0. The minimum atomic E-state index is -0.302. The van der Waals surface area contributed by atoms with Crippen LogP contribution in [0.5, 0.6) is 0 Å². The predicted octanol–water partition coefficient (Wildman–Crippen LogP) is 2.05. The summed E-state index contributed by atoms with van der Waals surface area (Å²) in [6, 6.07) is 7.67. The highest BCUT2D eigenvalue weighted by molar-refractivity contribution is 5.93. The van der Waals surface area contributed by atoms with Crippen molar-refractivity contribution >= 4 is 5.91 Å². The Morgan fingerprint density at radius 2 is 2.00 bits per heavy atom. The summed E-state index contributed by atoms with van der Waals surface area (Å²) in [5, 5.41) is 9.75. The van der Waals surface area contributed by atoms with Crippen LogP contribution in [0.1, 0.15) is 24.3 Å². The van der Waals surface area contributed by atoms with Gasteiger partial charge < -0.3 is 10.1 Å². The van der Waals surface area contributed by atoms with Crippen LogP contribution in [0.4, 0.5) is 4.39 Å². The summed E-state index contributed by atoms with van der Waals surface area (Å²) in [5.74, 6) is -0.501. The van der Waals surface area contributed by atoms with Gasteiger partial charge in [0.2, 0.25) is 0 Å². The summed E-state index contributed by atoms with van der Waals surface area (Å²) in [6.45, 7) is 7.20. The van der Waals surface area contributed by atoms with E-state index in [1.807, 2.05) is 0 Å². The predicted molar refractivity (Wildman–Crippen MR) is 92.8 cm³/mol. The molecule has 1 amide bonds. The molecule has 1 aliphatic rings. The minimum absolute atomic E-state index is 0.199. The molecule has 1 saturated heterocycles. The molecule has 134 valence electrons. The minimum Gasteiger partial charge on any atom is -0.373 e. The van der Waals surface area contributed by atoms with E-state index >= 15 is 0 Å². The smallest absolute Gasteiger partial charge is 0.269 e. The van der Waals surface area contributed by atoms with Gasteiger partial charge in [-0.15, -0.1) is 0 Å². The number of halogens is 1. The van der Waals surface area contributed by atoms with Crippen molar-refractivity contribution in [3.63, 3.8) is 0 Å². The fraction of sp³-hybridized carbons (Fsp3) is 0.444. The van der Waals surface area contributed by atoms with E-state index in [9.17, 15) is 9.18 Å². The van der Waals surface area contributed by atoms with E-state index in [1.54, 1.807) is 18.2 Å². The van der Waals surface area contributed by atoms with Crippen LogP contribution in [-0.4, -0.2) is 59.4 Å². The number of aromatic nitrogens is 2. The Labute approximate surface area is 146 Å². The van der Waals surface area contributed by atoms with Crippen LogP contribution in [0.3, 0.4) is 0 Å². The molecule has 3 rings (SSSR count). The van der Waals surface area contributed by atoms with Gasteiger partial charge in [0, 0.05) is 31.7 Å². The Morgan fingerprint density at radius 3 is 2.68 bits per heavy atom. The molecule has 0 bridgehead atoms. The number of hydrogen-bond donors (Lipinski definition) is 2. The van der Waals surface area contributed by atoms with Crippen molar-refractivity contribution in [1.29, 1.82) is 0 Å². The second-order valence-electron chi connectivity index (χ2n) is 6.45. The zero-order valence-corrected chi connectivity index (χ0v) is 14.5. The largest absolute Gasteiger partial charge is 0.373 e. The number of hydrogen-bond acceptors (Lipinski definition) is 4. The van der Waals surface area contributed by atoms with Gasteiger partial charge in [-0.05, 0) is 44.2 Å². The van der Waals surface area contributed by atoms with Gasteiger partial charge in [0.15, 0.2) is 0 Å². The van der Waals surface area contributed by atoms with Gasteiger partial charge in [-0.25, -0.2) is 4.39 Å². The first-order valence-corrected chi connectivity index (χ1v) is 8.48. The first kappa shape index (κ1) is 17.6. The third-order valence-corrected chi connectivity index (χ3v) is 4.17. The molecule has 2 atom stereocenters. The van der Waals surface area contributed by atoms with Crippen molar-refractivity contribution in [2.45, 2.75) is 26.1 Å². The van der Waals surface area contributed by atoms with E-state index in [0.29, 0.717) is 17.9 Å². The molecule has 1 aromatic carbocycles. The average Bonchev–Trinajstić information content (AvgIpc) is 3.04. The Hall–Kier alpha value is -2.25. The summed E-state index contributed by atoms with van der Waals surface area (Å²) < 4.78 is 18.7. The zero-order valence-electron chi connectivity index (χ0n) is 14.5. The van der Waals surface area contributed by atoms with Crippen LogP contribution in [-0.2, 0) is 4.74 Å². The number of morpholine rings is 1. The number of ether oxygens (including phenoxy) is 1. The molecule has 0 radical (unpaired) electrons. The van der Waals surface area contributed by atoms with Crippen molar-refractivity contribution in [3.05, 3.63) is 41.8 Å². The van der Waals surface area contributed by atoms with Gasteiger partial charge in [0.25, 0.3) is 5.91 Å². The SMILES string of the molecule is C[C@H]1CN(CCNC(=O)c2cc(-c3ccc(F)cc3)n[nH]2)C[C@H](C)O1. The first-order valence-electron chi connectivity index (χ1n) is 8.48. The maximum absolute atomic E-state index is 13.0. The van der Waals surface area contributed by atoms with Crippen LogP contribution in [0, 0.1) is 5.82 Å². The molecule has 1 aromatic heterocycles. The fourth-order valence-electron chi connectivity index (χ4n) is 3.10. The van der Waals surface area contributed by atoms with E-state index in [-0.39, 0.29) is 23.9 Å². The highest BCUT2D eigenvalue weighted by atomic mass is 19.1.